The Kier molecular flexibility index (Phi) is 4.59. The van der Waals surface area contributed by atoms with E-state index in [1.807, 2.05) is 31.2 Å². The van der Waals surface area contributed by atoms with E-state index < -0.39 is 5.97 Å². The molecule has 112 valence electrons. The largest absolute Gasteiger partial charge is 0.496 e. The fourth-order valence-electron chi connectivity index (χ4n) is 2.24. The molecule has 0 aliphatic heterocycles. The maximum Gasteiger partial charge on any atom is 0.339 e. The molecule has 1 atom stereocenters. The van der Waals surface area contributed by atoms with E-state index >= 15 is 0 Å². The minimum atomic E-state index is -0.968. The highest BCUT2D eigenvalue weighted by atomic mass is 16.5. The van der Waals surface area contributed by atoms with Gasteiger partial charge in [0.15, 0.2) is 0 Å². The second-order valence-electron chi connectivity index (χ2n) is 4.78. The SMILES string of the molecule is COc1ccccc1[C@@H](C)NCc1c(C(=O)O)cnn1C. The van der Waals surface area contributed by atoms with Crippen molar-refractivity contribution >= 4 is 5.97 Å². The number of aromatic nitrogens is 2. The number of benzene rings is 1. The van der Waals surface area contributed by atoms with Crippen molar-refractivity contribution in [3.8, 4) is 5.75 Å². The Labute approximate surface area is 123 Å². The second-order valence-corrected chi connectivity index (χ2v) is 4.78. The fraction of sp³-hybridized carbons (Fsp3) is 0.333. The molecule has 0 radical (unpaired) electrons. The van der Waals surface area contributed by atoms with Crippen LogP contribution < -0.4 is 10.1 Å². The molecular formula is C15H19N3O3. The number of carboxylic acid groups (broad SMARTS) is 1. The molecule has 0 fully saturated rings. The third-order valence-corrected chi connectivity index (χ3v) is 3.47. The number of hydrogen-bond donors (Lipinski definition) is 2. The number of nitrogens with one attached hydrogen (secondary N) is 1. The van der Waals surface area contributed by atoms with Gasteiger partial charge in [0.1, 0.15) is 11.3 Å². The first kappa shape index (κ1) is 15.1. The summed E-state index contributed by atoms with van der Waals surface area (Å²) < 4.78 is 6.91. The van der Waals surface area contributed by atoms with Gasteiger partial charge in [-0.15, -0.1) is 0 Å². The molecule has 1 aromatic heterocycles. The normalized spacial score (nSPS) is 12.1. The molecular weight excluding hydrogens is 270 g/mol. The minimum absolute atomic E-state index is 0.0256. The van der Waals surface area contributed by atoms with Crippen LogP contribution in [0, 0.1) is 0 Å². The predicted octanol–water partition coefficient (Wildman–Crippen LogP) is 1.98. The van der Waals surface area contributed by atoms with E-state index in [0.717, 1.165) is 11.3 Å². The highest BCUT2D eigenvalue weighted by Gasteiger charge is 2.16. The van der Waals surface area contributed by atoms with Crippen LogP contribution in [-0.4, -0.2) is 28.0 Å². The first-order valence-corrected chi connectivity index (χ1v) is 6.65. The summed E-state index contributed by atoms with van der Waals surface area (Å²) in [6, 6.07) is 7.78. The zero-order valence-electron chi connectivity index (χ0n) is 12.3. The predicted molar refractivity (Wildman–Crippen MR) is 78.4 cm³/mol. The van der Waals surface area contributed by atoms with Gasteiger partial charge in [0.25, 0.3) is 0 Å². The molecule has 2 rings (SSSR count). The first-order valence-electron chi connectivity index (χ1n) is 6.65. The Morgan fingerprint density at radius 1 is 1.48 bits per heavy atom. The zero-order chi connectivity index (χ0) is 15.4. The maximum atomic E-state index is 11.1. The van der Waals surface area contributed by atoms with E-state index in [1.54, 1.807) is 18.8 Å². The van der Waals surface area contributed by atoms with E-state index in [-0.39, 0.29) is 11.6 Å². The lowest BCUT2D eigenvalue weighted by Crippen LogP contribution is -2.21. The minimum Gasteiger partial charge on any atom is -0.496 e. The van der Waals surface area contributed by atoms with Gasteiger partial charge in [-0.3, -0.25) is 4.68 Å². The molecule has 6 nitrogen and oxygen atoms in total. The molecule has 6 heteroatoms. The maximum absolute atomic E-state index is 11.1. The zero-order valence-corrected chi connectivity index (χ0v) is 12.3. The summed E-state index contributed by atoms with van der Waals surface area (Å²) >= 11 is 0. The Bertz CT molecular complexity index is 637. The summed E-state index contributed by atoms with van der Waals surface area (Å²) in [6.45, 7) is 2.42. The fourth-order valence-corrected chi connectivity index (χ4v) is 2.24. The van der Waals surface area contributed by atoms with Crippen molar-refractivity contribution in [3.05, 3.63) is 47.3 Å². The van der Waals surface area contributed by atoms with Crippen LogP contribution in [0.15, 0.2) is 30.5 Å². The van der Waals surface area contributed by atoms with Gasteiger partial charge in [-0.1, -0.05) is 18.2 Å². The number of rotatable bonds is 6. The van der Waals surface area contributed by atoms with Crippen molar-refractivity contribution in [1.82, 2.24) is 15.1 Å². The van der Waals surface area contributed by atoms with Gasteiger partial charge >= 0.3 is 5.97 Å². The third-order valence-electron chi connectivity index (χ3n) is 3.47. The second kappa shape index (κ2) is 6.41. The summed E-state index contributed by atoms with van der Waals surface area (Å²) in [5.41, 5.74) is 1.89. The van der Waals surface area contributed by atoms with Crippen LogP contribution in [0.3, 0.4) is 0 Å². The lowest BCUT2D eigenvalue weighted by Gasteiger charge is -2.17. The van der Waals surface area contributed by atoms with Gasteiger partial charge in [-0.2, -0.15) is 5.10 Å². The van der Waals surface area contributed by atoms with E-state index in [9.17, 15) is 4.79 Å². The van der Waals surface area contributed by atoms with Crippen molar-refractivity contribution < 1.29 is 14.6 Å². The number of carbonyl (C=O) groups is 1. The standard InChI is InChI=1S/C15H19N3O3/c1-10(11-6-4-5-7-14(11)21-3)16-9-13-12(15(19)20)8-17-18(13)2/h4-8,10,16H,9H2,1-3H3,(H,19,20)/t10-/m1/s1. The van der Waals surface area contributed by atoms with Crippen molar-refractivity contribution in [2.45, 2.75) is 19.5 Å². The van der Waals surface area contributed by atoms with Crippen molar-refractivity contribution in [1.29, 1.82) is 0 Å². The number of nitrogens with zero attached hydrogens (tertiary/aromatic N) is 2. The van der Waals surface area contributed by atoms with Crippen molar-refractivity contribution in [2.24, 2.45) is 7.05 Å². The molecule has 0 unspecified atom stereocenters. The summed E-state index contributed by atoms with van der Waals surface area (Å²) in [6.07, 6.45) is 1.37. The summed E-state index contributed by atoms with van der Waals surface area (Å²) in [4.78, 5) is 11.1. The van der Waals surface area contributed by atoms with Crippen LogP contribution in [0.25, 0.3) is 0 Å². The molecule has 0 spiro atoms. The molecule has 2 N–H and O–H groups in total. The molecule has 0 bridgehead atoms. The Morgan fingerprint density at radius 2 is 2.19 bits per heavy atom. The molecule has 2 aromatic rings. The topological polar surface area (TPSA) is 76.4 Å². The van der Waals surface area contributed by atoms with Crippen molar-refractivity contribution in [2.75, 3.05) is 7.11 Å². The Balaban J connectivity index is 2.13. The quantitative estimate of drug-likeness (QED) is 0.850. The van der Waals surface area contributed by atoms with Crippen LogP contribution in [0.4, 0.5) is 0 Å². The Morgan fingerprint density at radius 3 is 2.86 bits per heavy atom. The average Bonchev–Trinajstić information content (AvgIpc) is 2.86. The molecule has 0 aliphatic rings. The lowest BCUT2D eigenvalue weighted by atomic mass is 10.1. The van der Waals surface area contributed by atoms with Crippen LogP contribution in [-0.2, 0) is 13.6 Å². The number of carboxylic acids is 1. The Hall–Kier alpha value is -2.34. The first-order chi connectivity index (χ1) is 10.0. The molecule has 0 saturated heterocycles. The van der Waals surface area contributed by atoms with E-state index in [0.29, 0.717) is 12.2 Å². The summed E-state index contributed by atoms with van der Waals surface area (Å²) in [7, 11) is 3.37. The number of ether oxygens (including phenoxy) is 1. The number of methoxy groups -OCH3 is 1. The number of hydrogen-bond acceptors (Lipinski definition) is 4. The van der Waals surface area contributed by atoms with Gasteiger partial charge in [-0.25, -0.2) is 4.79 Å². The molecule has 0 saturated carbocycles. The molecule has 0 amide bonds. The molecule has 1 aromatic carbocycles. The van der Waals surface area contributed by atoms with E-state index in [2.05, 4.69) is 10.4 Å². The summed E-state index contributed by atoms with van der Waals surface area (Å²) in [5.74, 6) is -0.161. The average molecular weight is 289 g/mol. The number of aromatic carboxylic acids is 1. The third kappa shape index (κ3) is 3.22. The van der Waals surface area contributed by atoms with Crippen LogP contribution in [0.2, 0.25) is 0 Å². The highest BCUT2D eigenvalue weighted by Crippen LogP contribution is 2.24. The molecule has 21 heavy (non-hydrogen) atoms. The van der Waals surface area contributed by atoms with Gasteiger partial charge in [0, 0.05) is 25.2 Å². The molecule has 1 heterocycles. The lowest BCUT2D eigenvalue weighted by molar-refractivity contribution is 0.0695. The van der Waals surface area contributed by atoms with Gasteiger partial charge < -0.3 is 15.2 Å². The van der Waals surface area contributed by atoms with Crippen LogP contribution in [0.1, 0.15) is 34.6 Å². The van der Waals surface area contributed by atoms with Crippen LogP contribution >= 0.6 is 0 Å². The number of aryl methyl sites for hydroxylation is 1. The smallest absolute Gasteiger partial charge is 0.339 e. The highest BCUT2D eigenvalue weighted by molar-refractivity contribution is 5.88. The van der Waals surface area contributed by atoms with Gasteiger partial charge in [0.2, 0.25) is 0 Å². The van der Waals surface area contributed by atoms with Crippen molar-refractivity contribution in [3.63, 3.8) is 0 Å². The number of para-hydroxylation sites is 1. The van der Waals surface area contributed by atoms with E-state index in [1.165, 1.54) is 6.20 Å². The molecule has 0 aliphatic carbocycles. The van der Waals surface area contributed by atoms with E-state index in [4.69, 9.17) is 9.84 Å². The summed E-state index contributed by atoms with van der Waals surface area (Å²) in [5, 5.41) is 16.4. The monoisotopic (exact) mass is 289 g/mol. The van der Waals surface area contributed by atoms with Gasteiger partial charge in [-0.05, 0) is 13.0 Å². The van der Waals surface area contributed by atoms with Gasteiger partial charge in [0.05, 0.1) is 19.0 Å². The van der Waals surface area contributed by atoms with Crippen LogP contribution in [0.5, 0.6) is 5.75 Å².